The third-order valence-electron chi connectivity index (χ3n) is 12.0. The number of fused-ring (bicyclic) bond motifs is 2. The van der Waals surface area contributed by atoms with Crippen LogP contribution in [0.25, 0.3) is 0 Å². The Morgan fingerprint density at radius 1 is 0.969 bits per heavy atom. The second kappa shape index (κ2) is 22.7. The number of unbranched alkanes of at least 4 members (excludes halogenated alkanes) is 2. The van der Waals surface area contributed by atoms with Gasteiger partial charge in [0, 0.05) is 49.8 Å². The molecule has 1 fully saturated rings. The number of non-ortho nitro benzene ring substituents is 1. The highest BCUT2D eigenvalue weighted by Crippen LogP contribution is 2.62. The zero-order chi connectivity index (χ0) is 45.6. The number of aldehydes is 1. The lowest BCUT2D eigenvalue weighted by Crippen LogP contribution is -2.70. The van der Waals surface area contributed by atoms with Gasteiger partial charge in [0.15, 0.2) is 6.29 Å². The minimum atomic E-state index is -1.63. The molecule has 1 aliphatic heterocycles. The summed E-state index contributed by atoms with van der Waals surface area (Å²) in [6.07, 6.45) is 7.82. The number of oxime groups is 1. The molecule has 1 heterocycles. The Balaban J connectivity index is 1.55. The molecule has 0 aromatic heterocycles. The molecule has 0 radical (unpaired) electrons. The van der Waals surface area contributed by atoms with Gasteiger partial charge in [-0.1, -0.05) is 30.1 Å². The lowest BCUT2D eigenvalue weighted by molar-refractivity contribution is -0.384. The van der Waals surface area contributed by atoms with E-state index < -0.39 is 28.8 Å². The number of nitro benzene ring substituents is 1. The van der Waals surface area contributed by atoms with E-state index in [9.17, 15) is 35.0 Å². The standard InChI is InChI=1S/C47H57N3O14/c1-4-23-61-47-43(49(19-24-60-25-22-53)46(55)63-34-13-11-33(12-14-34)50(56)57)29-40(48-59-3)38-27-31(9-5-7-20-51)37(10-6-8-21-52)44(45(38)47)39-28-36(16-18-42(39)64-47)62-35-15-17-41(58-2)32(26-35)30-54/h4,11-18,26-28,30-31,37,43-45,51-53H,1,5-10,19-25,29H2,2-3H3/t31-,37+,43-,44+,45+,47+/m0/s1. The van der Waals surface area contributed by atoms with Gasteiger partial charge in [0.05, 0.1) is 55.7 Å². The van der Waals surface area contributed by atoms with Crippen molar-refractivity contribution in [2.24, 2.45) is 22.9 Å². The van der Waals surface area contributed by atoms with Crippen molar-refractivity contribution < 1.29 is 63.1 Å². The Morgan fingerprint density at radius 2 is 1.69 bits per heavy atom. The summed E-state index contributed by atoms with van der Waals surface area (Å²) in [7, 11) is 2.93. The average molecular weight is 888 g/mol. The number of carbonyl (C=O) groups is 2. The number of hydrogen-bond acceptors (Lipinski definition) is 15. The van der Waals surface area contributed by atoms with Gasteiger partial charge in [0.2, 0.25) is 5.79 Å². The normalized spacial score (nSPS) is 22.5. The monoisotopic (exact) mass is 887 g/mol. The molecule has 3 aromatic carbocycles. The van der Waals surface area contributed by atoms with E-state index in [4.69, 9.17) is 33.3 Å². The van der Waals surface area contributed by atoms with Crippen LogP contribution in [0.5, 0.6) is 28.7 Å². The van der Waals surface area contributed by atoms with Crippen LogP contribution in [0.4, 0.5) is 10.5 Å². The Bertz CT molecular complexity index is 2140. The zero-order valence-electron chi connectivity index (χ0n) is 36.2. The molecule has 2 aliphatic carbocycles. The van der Waals surface area contributed by atoms with Gasteiger partial charge in [-0.2, -0.15) is 0 Å². The molecule has 6 atom stereocenters. The van der Waals surface area contributed by atoms with Crippen molar-refractivity contribution in [3.63, 3.8) is 0 Å². The molecule has 17 nitrogen and oxygen atoms in total. The predicted molar refractivity (Wildman–Crippen MR) is 234 cm³/mol. The van der Waals surface area contributed by atoms with Crippen molar-refractivity contribution in [1.82, 2.24) is 4.90 Å². The van der Waals surface area contributed by atoms with Crippen molar-refractivity contribution in [3.8, 4) is 28.7 Å². The van der Waals surface area contributed by atoms with Gasteiger partial charge >= 0.3 is 6.09 Å². The van der Waals surface area contributed by atoms with Gasteiger partial charge in [-0.15, -0.1) is 6.58 Å². The van der Waals surface area contributed by atoms with E-state index in [0.29, 0.717) is 66.2 Å². The maximum absolute atomic E-state index is 14.6. The summed E-state index contributed by atoms with van der Waals surface area (Å²) >= 11 is 0. The van der Waals surface area contributed by atoms with Crippen LogP contribution in [0.15, 0.2) is 90.1 Å². The number of allylic oxidation sites excluding steroid dienone is 1. The van der Waals surface area contributed by atoms with Gasteiger partial charge < -0.3 is 48.6 Å². The summed E-state index contributed by atoms with van der Waals surface area (Å²) in [6.45, 7) is 3.73. The first-order valence-corrected chi connectivity index (χ1v) is 21.5. The molecule has 0 bridgehead atoms. The lowest BCUT2D eigenvalue weighted by Gasteiger charge is -2.59. The SMILES string of the molecule is C=CCO[C@@]12Oc3ccc(Oc4ccc(OC)c(C=O)c4)cc3[C@H]3[C@H](CCCCO)[C@@H](CCCCO)C=C(C(=NOC)C[C@@H]1N(CCOCCO)C(=O)Oc1ccc([N+](=O)[O-])cc1)[C@H]32. The van der Waals surface area contributed by atoms with Crippen LogP contribution in [-0.4, -0.2) is 115 Å². The van der Waals surface area contributed by atoms with Gasteiger partial charge in [0.1, 0.15) is 41.9 Å². The third kappa shape index (κ3) is 10.6. The Kier molecular flexibility index (Phi) is 16.9. The van der Waals surface area contributed by atoms with Gasteiger partial charge in [-0.05, 0) is 91.6 Å². The number of hydrogen-bond donors (Lipinski definition) is 3. The highest BCUT2D eigenvalue weighted by Gasteiger charge is 2.65. The number of benzene rings is 3. The summed E-state index contributed by atoms with van der Waals surface area (Å²) < 4.78 is 37.6. The van der Waals surface area contributed by atoms with Gasteiger partial charge in [0.25, 0.3) is 5.69 Å². The first-order valence-electron chi connectivity index (χ1n) is 21.5. The first-order chi connectivity index (χ1) is 31.2. The average Bonchev–Trinajstić information content (AvgIpc) is 3.30. The van der Waals surface area contributed by atoms with Crippen molar-refractivity contribution >= 4 is 23.8 Å². The summed E-state index contributed by atoms with van der Waals surface area (Å²) in [5.41, 5.74) is 2.30. The molecule has 3 aliphatic rings. The fraction of sp³-hybridized carbons (Fsp3) is 0.468. The number of nitro groups is 1. The summed E-state index contributed by atoms with van der Waals surface area (Å²) in [6, 6.07) is 14.6. The second-order valence-electron chi connectivity index (χ2n) is 15.7. The second-order valence-corrected chi connectivity index (χ2v) is 15.7. The van der Waals surface area contributed by atoms with E-state index in [1.54, 1.807) is 36.4 Å². The van der Waals surface area contributed by atoms with Crippen LogP contribution in [0, 0.1) is 27.9 Å². The van der Waals surface area contributed by atoms with Crippen molar-refractivity contribution in [3.05, 3.63) is 106 Å². The summed E-state index contributed by atoms with van der Waals surface area (Å²) in [4.78, 5) is 44.4. The molecule has 1 saturated carbocycles. The fourth-order valence-corrected chi connectivity index (χ4v) is 9.33. The van der Waals surface area contributed by atoms with Crippen LogP contribution in [0.3, 0.4) is 0 Å². The molecule has 17 heteroatoms. The number of nitrogens with zero attached hydrogens (tertiary/aromatic N) is 3. The molecule has 1 amide bonds. The number of aliphatic hydroxyl groups is 3. The van der Waals surface area contributed by atoms with Gasteiger partial charge in [-0.25, -0.2) is 4.79 Å². The Morgan fingerprint density at radius 3 is 2.36 bits per heavy atom. The number of carbonyl (C=O) groups excluding carboxylic acids is 2. The number of amides is 1. The molecule has 3 aromatic rings. The smallest absolute Gasteiger partial charge is 0.415 e. The molecule has 3 N–H and O–H groups in total. The number of ether oxygens (including phenoxy) is 6. The van der Waals surface area contributed by atoms with Crippen LogP contribution in [0.1, 0.15) is 66.8 Å². The third-order valence-corrected chi connectivity index (χ3v) is 12.0. The molecule has 6 rings (SSSR count). The fourth-order valence-electron chi connectivity index (χ4n) is 9.33. The summed E-state index contributed by atoms with van der Waals surface area (Å²) in [5.74, 6) is -0.940. The van der Waals surface area contributed by atoms with E-state index in [1.807, 2.05) is 6.07 Å². The van der Waals surface area contributed by atoms with E-state index in [-0.39, 0.29) is 81.8 Å². The number of rotatable bonds is 24. The Labute approximate surface area is 371 Å². The first kappa shape index (κ1) is 47.6. The highest BCUT2D eigenvalue weighted by molar-refractivity contribution is 6.03. The molecular formula is C47H57N3O14. The Hall–Kier alpha value is -5.85. The van der Waals surface area contributed by atoms with Crippen LogP contribution >= 0.6 is 0 Å². The van der Waals surface area contributed by atoms with E-state index in [2.05, 4.69) is 17.8 Å². The van der Waals surface area contributed by atoms with Crippen molar-refractivity contribution in [2.75, 3.05) is 60.4 Å². The highest BCUT2D eigenvalue weighted by atomic mass is 16.7. The number of aliphatic hydroxyl groups excluding tert-OH is 3. The van der Waals surface area contributed by atoms with Gasteiger partial charge in [-0.3, -0.25) is 19.8 Å². The molecule has 64 heavy (non-hydrogen) atoms. The van der Waals surface area contributed by atoms with Crippen LogP contribution in [0.2, 0.25) is 0 Å². The topological polar surface area (TPSA) is 218 Å². The van der Waals surface area contributed by atoms with Crippen molar-refractivity contribution in [2.45, 2.75) is 62.7 Å². The number of methoxy groups -OCH3 is 1. The molecule has 0 saturated heterocycles. The molecule has 0 spiro atoms. The zero-order valence-corrected chi connectivity index (χ0v) is 36.2. The molecule has 344 valence electrons. The quantitative estimate of drug-likeness (QED) is 0.0272. The van der Waals surface area contributed by atoms with E-state index in [0.717, 1.165) is 24.0 Å². The maximum atomic E-state index is 14.6. The van der Waals surface area contributed by atoms with E-state index in [1.165, 1.54) is 43.4 Å². The van der Waals surface area contributed by atoms with Crippen molar-refractivity contribution in [1.29, 1.82) is 0 Å². The van der Waals surface area contributed by atoms with Crippen LogP contribution < -0.4 is 18.9 Å². The minimum absolute atomic E-state index is 0.0104. The minimum Gasteiger partial charge on any atom is -0.496 e. The molecular weight excluding hydrogens is 831 g/mol. The largest absolute Gasteiger partial charge is 0.496 e. The summed E-state index contributed by atoms with van der Waals surface area (Å²) in [5, 5.41) is 45.3. The van der Waals surface area contributed by atoms with Crippen LogP contribution in [-0.2, 0) is 14.3 Å². The molecule has 0 unspecified atom stereocenters. The van der Waals surface area contributed by atoms with E-state index >= 15 is 0 Å². The predicted octanol–water partition coefficient (Wildman–Crippen LogP) is 6.98. The lowest BCUT2D eigenvalue weighted by atomic mass is 9.55. The maximum Gasteiger partial charge on any atom is 0.415 e.